The summed E-state index contributed by atoms with van der Waals surface area (Å²) in [6.45, 7) is 5.36. The third-order valence-electron chi connectivity index (χ3n) is 1.91. The van der Waals surface area contributed by atoms with Gasteiger partial charge >= 0.3 is 0 Å². The van der Waals surface area contributed by atoms with Crippen LogP contribution in [0.4, 0.5) is 0 Å². The molecule has 0 aliphatic rings. The van der Waals surface area contributed by atoms with Crippen molar-refractivity contribution in [1.82, 2.24) is 0 Å². The number of aromatic hydroxyl groups is 1. The molecule has 0 saturated heterocycles. The molecule has 1 aromatic rings. The van der Waals surface area contributed by atoms with E-state index in [1.54, 1.807) is 19.9 Å². The second kappa shape index (κ2) is 3.38. The predicted molar refractivity (Wildman–Crippen MR) is 52.8 cm³/mol. The molecule has 2 heteroatoms. The van der Waals surface area contributed by atoms with E-state index >= 15 is 0 Å². The summed E-state index contributed by atoms with van der Waals surface area (Å²) in [4.78, 5) is 0. The van der Waals surface area contributed by atoms with E-state index in [4.69, 9.17) is 0 Å². The molecular weight excluding hydrogens is 164 g/mol. The van der Waals surface area contributed by atoms with Crippen LogP contribution in [0.5, 0.6) is 5.75 Å². The Bertz CT molecular complexity index is 297. The maximum Gasteiger partial charge on any atom is 0.118 e. The fourth-order valence-electron chi connectivity index (χ4n) is 1.26. The molecule has 0 radical (unpaired) electrons. The molecule has 0 aliphatic carbocycles. The van der Waals surface area contributed by atoms with E-state index in [-0.39, 0.29) is 0 Å². The molecule has 0 spiro atoms. The summed E-state index contributed by atoms with van der Waals surface area (Å²) >= 11 is 0. The number of benzene rings is 1. The summed E-state index contributed by atoms with van der Waals surface area (Å²) in [5, 5.41) is 19.0. The van der Waals surface area contributed by atoms with Crippen molar-refractivity contribution in [2.45, 2.75) is 32.8 Å². The minimum absolute atomic E-state index is 0.293. The maximum atomic E-state index is 9.55. The number of rotatable bonds is 2. The first-order chi connectivity index (χ1) is 5.88. The van der Waals surface area contributed by atoms with Gasteiger partial charge in [0, 0.05) is 6.42 Å². The summed E-state index contributed by atoms with van der Waals surface area (Å²) in [5.41, 5.74) is 1.09. The second-order valence-electron chi connectivity index (χ2n) is 4.11. The molecule has 0 aliphatic heterocycles. The Kier molecular flexibility index (Phi) is 2.62. The largest absolute Gasteiger partial charge is 0.508 e. The van der Waals surface area contributed by atoms with Crippen molar-refractivity contribution in [1.29, 1.82) is 0 Å². The zero-order valence-corrected chi connectivity index (χ0v) is 8.33. The maximum absolute atomic E-state index is 9.55. The summed E-state index contributed by atoms with van der Waals surface area (Å²) in [7, 11) is 0. The Balaban J connectivity index is 2.86. The van der Waals surface area contributed by atoms with Crippen LogP contribution in [0, 0.1) is 6.92 Å². The SMILES string of the molecule is Cc1ccc(CC(C)(C)O)cc1O. The third kappa shape index (κ3) is 3.07. The molecule has 1 aromatic carbocycles. The first-order valence-corrected chi connectivity index (χ1v) is 4.39. The molecule has 0 fully saturated rings. The zero-order chi connectivity index (χ0) is 10.1. The summed E-state index contributed by atoms with van der Waals surface area (Å²) in [5.74, 6) is 0.293. The number of phenols is 1. The topological polar surface area (TPSA) is 40.5 Å². The van der Waals surface area contributed by atoms with Gasteiger partial charge < -0.3 is 10.2 Å². The first kappa shape index (κ1) is 10.1. The van der Waals surface area contributed by atoms with E-state index in [2.05, 4.69) is 0 Å². The van der Waals surface area contributed by atoms with Crippen LogP contribution in [0.3, 0.4) is 0 Å². The predicted octanol–water partition coefficient (Wildman–Crippen LogP) is 2.01. The Labute approximate surface area is 78.8 Å². The van der Waals surface area contributed by atoms with Gasteiger partial charge in [-0.25, -0.2) is 0 Å². The molecule has 72 valence electrons. The highest BCUT2D eigenvalue weighted by atomic mass is 16.3. The van der Waals surface area contributed by atoms with E-state index in [1.165, 1.54) is 0 Å². The van der Waals surface area contributed by atoms with Crippen LogP contribution in [-0.2, 0) is 6.42 Å². The Morgan fingerprint density at radius 3 is 2.38 bits per heavy atom. The molecule has 0 heterocycles. The van der Waals surface area contributed by atoms with Crippen LogP contribution in [-0.4, -0.2) is 15.8 Å². The normalized spacial score (nSPS) is 11.7. The average Bonchev–Trinajstić information content (AvgIpc) is 1.94. The van der Waals surface area contributed by atoms with Gasteiger partial charge in [-0.3, -0.25) is 0 Å². The van der Waals surface area contributed by atoms with Gasteiger partial charge in [0.1, 0.15) is 5.75 Å². The standard InChI is InChI=1S/C11H16O2/c1-8-4-5-9(6-10(8)12)7-11(2,3)13/h4-6,12-13H,7H2,1-3H3. The summed E-state index contributed by atoms with van der Waals surface area (Å²) in [6.07, 6.45) is 0.556. The molecule has 0 bridgehead atoms. The molecule has 2 nitrogen and oxygen atoms in total. The minimum atomic E-state index is -0.721. The first-order valence-electron chi connectivity index (χ1n) is 4.39. The second-order valence-corrected chi connectivity index (χ2v) is 4.11. The van der Waals surface area contributed by atoms with Crippen molar-refractivity contribution in [3.05, 3.63) is 29.3 Å². The lowest BCUT2D eigenvalue weighted by Crippen LogP contribution is -2.21. The molecule has 0 atom stereocenters. The number of aliphatic hydroxyl groups is 1. The van der Waals surface area contributed by atoms with Gasteiger partial charge in [-0.2, -0.15) is 0 Å². The van der Waals surface area contributed by atoms with Crippen LogP contribution in [0.25, 0.3) is 0 Å². The zero-order valence-electron chi connectivity index (χ0n) is 8.33. The van der Waals surface area contributed by atoms with Crippen molar-refractivity contribution < 1.29 is 10.2 Å². The monoisotopic (exact) mass is 180 g/mol. The summed E-state index contributed by atoms with van der Waals surface area (Å²) < 4.78 is 0. The molecule has 1 rings (SSSR count). The molecule has 13 heavy (non-hydrogen) atoms. The van der Waals surface area contributed by atoms with Crippen LogP contribution < -0.4 is 0 Å². The van der Waals surface area contributed by atoms with Crippen molar-refractivity contribution in [3.8, 4) is 5.75 Å². The van der Waals surface area contributed by atoms with E-state index < -0.39 is 5.60 Å². The number of hydrogen-bond acceptors (Lipinski definition) is 2. The van der Waals surface area contributed by atoms with Gasteiger partial charge in [0.25, 0.3) is 0 Å². The highest BCUT2D eigenvalue weighted by molar-refractivity contribution is 5.35. The lowest BCUT2D eigenvalue weighted by molar-refractivity contribution is 0.0809. The molecule has 0 unspecified atom stereocenters. The molecule has 0 saturated carbocycles. The Morgan fingerprint density at radius 2 is 1.92 bits per heavy atom. The van der Waals surface area contributed by atoms with Gasteiger partial charge in [0.05, 0.1) is 5.60 Å². The van der Waals surface area contributed by atoms with Crippen LogP contribution in [0.1, 0.15) is 25.0 Å². The van der Waals surface area contributed by atoms with Crippen LogP contribution >= 0.6 is 0 Å². The van der Waals surface area contributed by atoms with Crippen molar-refractivity contribution >= 4 is 0 Å². The van der Waals surface area contributed by atoms with Crippen molar-refractivity contribution in [2.75, 3.05) is 0 Å². The van der Waals surface area contributed by atoms with Gasteiger partial charge in [-0.15, -0.1) is 0 Å². The highest BCUT2D eigenvalue weighted by Crippen LogP contribution is 2.20. The van der Waals surface area contributed by atoms with Gasteiger partial charge in [-0.05, 0) is 38.0 Å². The number of hydrogen-bond donors (Lipinski definition) is 2. The van der Waals surface area contributed by atoms with Crippen molar-refractivity contribution in [2.24, 2.45) is 0 Å². The van der Waals surface area contributed by atoms with Crippen LogP contribution in [0.15, 0.2) is 18.2 Å². The number of aryl methyl sites for hydroxylation is 1. The molecule has 0 amide bonds. The third-order valence-corrected chi connectivity index (χ3v) is 1.91. The van der Waals surface area contributed by atoms with E-state index in [0.29, 0.717) is 12.2 Å². The van der Waals surface area contributed by atoms with Gasteiger partial charge in [0.15, 0.2) is 0 Å². The lowest BCUT2D eigenvalue weighted by Gasteiger charge is -2.17. The number of phenolic OH excluding ortho intramolecular Hbond substituents is 1. The van der Waals surface area contributed by atoms with Crippen LogP contribution in [0.2, 0.25) is 0 Å². The highest BCUT2D eigenvalue weighted by Gasteiger charge is 2.13. The molecular formula is C11H16O2. The Hall–Kier alpha value is -1.02. The lowest BCUT2D eigenvalue weighted by atomic mass is 9.98. The fraction of sp³-hybridized carbons (Fsp3) is 0.455. The van der Waals surface area contributed by atoms with E-state index in [1.807, 2.05) is 19.1 Å². The molecule has 2 N–H and O–H groups in total. The van der Waals surface area contributed by atoms with E-state index in [9.17, 15) is 10.2 Å². The molecule has 0 aromatic heterocycles. The minimum Gasteiger partial charge on any atom is -0.508 e. The van der Waals surface area contributed by atoms with Gasteiger partial charge in [-0.1, -0.05) is 12.1 Å². The smallest absolute Gasteiger partial charge is 0.118 e. The van der Waals surface area contributed by atoms with Gasteiger partial charge in [0.2, 0.25) is 0 Å². The quantitative estimate of drug-likeness (QED) is 0.731. The average molecular weight is 180 g/mol. The fourth-order valence-corrected chi connectivity index (χ4v) is 1.26. The van der Waals surface area contributed by atoms with Crippen molar-refractivity contribution in [3.63, 3.8) is 0 Å². The van der Waals surface area contributed by atoms with E-state index in [0.717, 1.165) is 11.1 Å². The summed E-state index contributed by atoms with van der Waals surface area (Å²) in [6, 6.07) is 5.48. The Morgan fingerprint density at radius 1 is 1.31 bits per heavy atom.